The molecule has 0 amide bonds. The normalized spacial score (nSPS) is 23.1. The van der Waals surface area contributed by atoms with E-state index in [0.717, 1.165) is 13.1 Å². The Balaban J connectivity index is 2.11. The van der Waals surface area contributed by atoms with Gasteiger partial charge in [0.25, 0.3) is 0 Å². The van der Waals surface area contributed by atoms with Gasteiger partial charge in [-0.05, 0) is 31.4 Å². The van der Waals surface area contributed by atoms with Gasteiger partial charge in [-0.3, -0.25) is 0 Å². The first-order valence-corrected chi connectivity index (χ1v) is 4.49. The molecular formula is C11H14N. The van der Waals surface area contributed by atoms with Gasteiger partial charge in [0.1, 0.15) is 0 Å². The number of hydrogen-bond donors (Lipinski definition) is 0. The molecule has 1 aliphatic heterocycles. The van der Waals surface area contributed by atoms with Crippen LogP contribution in [-0.2, 0) is 0 Å². The second-order valence-corrected chi connectivity index (χ2v) is 3.44. The van der Waals surface area contributed by atoms with Crippen LogP contribution < -0.4 is 4.90 Å². The molecule has 1 nitrogen and oxygen atoms in total. The van der Waals surface area contributed by atoms with Crippen molar-refractivity contribution in [3.8, 4) is 0 Å². The third-order valence-electron chi connectivity index (χ3n) is 2.41. The van der Waals surface area contributed by atoms with E-state index in [9.17, 15) is 0 Å². The smallest absolute Gasteiger partial charge is 0.0366 e. The summed E-state index contributed by atoms with van der Waals surface area (Å²) in [5.41, 5.74) is 1.34. The standard InChI is InChI=1S/C11H14N/c1-10-7-8-12(9-10)11-5-3-2-4-6-11/h2-6,10H,1,7-9H2/t10-/m1/s1. The lowest BCUT2D eigenvalue weighted by atomic mass is 10.2. The fraction of sp³-hybridized carbons (Fsp3) is 0.364. The number of benzene rings is 1. The van der Waals surface area contributed by atoms with Crippen LogP contribution in [0.25, 0.3) is 0 Å². The largest absolute Gasteiger partial charge is 0.371 e. The third-order valence-corrected chi connectivity index (χ3v) is 2.41. The van der Waals surface area contributed by atoms with Crippen LogP contribution >= 0.6 is 0 Å². The second kappa shape index (κ2) is 3.18. The first-order valence-electron chi connectivity index (χ1n) is 4.49. The molecule has 1 aromatic rings. The topological polar surface area (TPSA) is 3.24 Å². The molecule has 1 radical (unpaired) electrons. The van der Waals surface area contributed by atoms with Gasteiger partial charge in [-0.25, -0.2) is 0 Å². The maximum Gasteiger partial charge on any atom is 0.0366 e. The van der Waals surface area contributed by atoms with E-state index in [0.29, 0.717) is 5.92 Å². The van der Waals surface area contributed by atoms with Crippen LogP contribution in [0.1, 0.15) is 6.42 Å². The van der Waals surface area contributed by atoms with Crippen LogP contribution in [0.2, 0.25) is 0 Å². The monoisotopic (exact) mass is 160 g/mol. The van der Waals surface area contributed by atoms with Crippen LogP contribution in [0.4, 0.5) is 5.69 Å². The highest BCUT2D eigenvalue weighted by atomic mass is 15.1. The Labute approximate surface area is 74.0 Å². The zero-order valence-electron chi connectivity index (χ0n) is 7.24. The number of hydrogen-bond acceptors (Lipinski definition) is 1. The molecule has 12 heavy (non-hydrogen) atoms. The minimum atomic E-state index is 0.616. The van der Waals surface area contributed by atoms with E-state index in [1.807, 2.05) is 0 Å². The molecule has 0 saturated carbocycles. The van der Waals surface area contributed by atoms with Crippen molar-refractivity contribution in [3.05, 3.63) is 37.3 Å². The van der Waals surface area contributed by atoms with E-state index in [1.165, 1.54) is 12.1 Å². The molecule has 1 atom stereocenters. The summed E-state index contributed by atoms with van der Waals surface area (Å²) >= 11 is 0. The maximum absolute atomic E-state index is 4.07. The molecule has 63 valence electrons. The van der Waals surface area contributed by atoms with Gasteiger partial charge in [0.2, 0.25) is 0 Å². The molecule has 1 aromatic carbocycles. The summed E-state index contributed by atoms with van der Waals surface area (Å²) in [4.78, 5) is 2.40. The average molecular weight is 160 g/mol. The molecule has 0 aromatic heterocycles. The highest BCUT2D eigenvalue weighted by Gasteiger charge is 2.18. The molecule has 1 heterocycles. The van der Waals surface area contributed by atoms with Crippen LogP contribution in [0.15, 0.2) is 30.3 Å². The highest BCUT2D eigenvalue weighted by Crippen LogP contribution is 2.22. The molecule has 1 saturated heterocycles. The number of para-hydroxylation sites is 1. The minimum Gasteiger partial charge on any atom is -0.371 e. The molecule has 0 N–H and O–H groups in total. The first-order chi connectivity index (χ1) is 5.86. The lowest BCUT2D eigenvalue weighted by Crippen LogP contribution is -2.18. The van der Waals surface area contributed by atoms with Crippen molar-refractivity contribution in [3.63, 3.8) is 0 Å². The van der Waals surface area contributed by atoms with Crippen LogP contribution in [0, 0.1) is 12.8 Å². The molecule has 0 unspecified atom stereocenters. The van der Waals surface area contributed by atoms with Crippen LogP contribution in [-0.4, -0.2) is 13.1 Å². The van der Waals surface area contributed by atoms with Crippen LogP contribution in [0.5, 0.6) is 0 Å². The fourth-order valence-electron chi connectivity index (χ4n) is 1.71. The lowest BCUT2D eigenvalue weighted by Gasteiger charge is -2.17. The van der Waals surface area contributed by atoms with Crippen LogP contribution in [0.3, 0.4) is 0 Å². The van der Waals surface area contributed by atoms with E-state index in [2.05, 4.69) is 42.2 Å². The zero-order valence-corrected chi connectivity index (χ0v) is 7.24. The van der Waals surface area contributed by atoms with E-state index < -0.39 is 0 Å². The Kier molecular flexibility index (Phi) is 2.03. The Morgan fingerprint density at radius 3 is 2.58 bits per heavy atom. The fourth-order valence-corrected chi connectivity index (χ4v) is 1.71. The Morgan fingerprint density at radius 2 is 2.00 bits per heavy atom. The Hall–Kier alpha value is -0.980. The van der Waals surface area contributed by atoms with E-state index >= 15 is 0 Å². The van der Waals surface area contributed by atoms with E-state index in [1.54, 1.807) is 0 Å². The molecule has 0 spiro atoms. The molecule has 1 fully saturated rings. The lowest BCUT2D eigenvalue weighted by molar-refractivity contribution is 0.734. The van der Waals surface area contributed by atoms with Crippen molar-refractivity contribution in [1.29, 1.82) is 0 Å². The summed E-state index contributed by atoms with van der Waals surface area (Å²) in [5.74, 6) is 0.616. The van der Waals surface area contributed by atoms with Crippen molar-refractivity contribution in [2.24, 2.45) is 5.92 Å². The molecular weight excluding hydrogens is 146 g/mol. The van der Waals surface area contributed by atoms with Gasteiger partial charge in [-0.1, -0.05) is 18.2 Å². The average Bonchev–Trinajstić information content (AvgIpc) is 2.54. The van der Waals surface area contributed by atoms with Gasteiger partial charge in [0.05, 0.1) is 0 Å². The summed E-state index contributed by atoms with van der Waals surface area (Å²) in [6.45, 7) is 6.35. The predicted molar refractivity (Wildman–Crippen MR) is 52.1 cm³/mol. The SMILES string of the molecule is [CH2][C@@H]1CCN(c2ccccc2)C1. The van der Waals surface area contributed by atoms with Gasteiger partial charge in [-0.2, -0.15) is 0 Å². The summed E-state index contributed by atoms with van der Waals surface area (Å²) in [5, 5.41) is 0. The summed E-state index contributed by atoms with van der Waals surface area (Å²) < 4.78 is 0. The first kappa shape index (κ1) is 7.66. The van der Waals surface area contributed by atoms with E-state index in [-0.39, 0.29) is 0 Å². The Bertz CT molecular complexity index is 242. The van der Waals surface area contributed by atoms with Gasteiger partial charge in [0.15, 0.2) is 0 Å². The van der Waals surface area contributed by atoms with Crippen molar-refractivity contribution in [2.75, 3.05) is 18.0 Å². The Morgan fingerprint density at radius 1 is 1.25 bits per heavy atom. The van der Waals surface area contributed by atoms with Gasteiger partial charge >= 0.3 is 0 Å². The quantitative estimate of drug-likeness (QED) is 0.609. The van der Waals surface area contributed by atoms with Gasteiger partial charge < -0.3 is 4.90 Å². The van der Waals surface area contributed by atoms with E-state index in [4.69, 9.17) is 0 Å². The number of anilines is 1. The third kappa shape index (κ3) is 1.45. The van der Waals surface area contributed by atoms with Gasteiger partial charge in [0, 0.05) is 18.8 Å². The zero-order chi connectivity index (χ0) is 8.39. The second-order valence-electron chi connectivity index (χ2n) is 3.44. The summed E-state index contributed by atoms with van der Waals surface area (Å²) in [7, 11) is 0. The summed E-state index contributed by atoms with van der Waals surface area (Å²) in [6.07, 6.45) is 1.23. The minimum absolute atomic E-state index is 0.616. The number of rotatable bonds is 1. The van der Waals surface area contributed by atoms with Crippen molar-refractivity contribution in [2.45, 2.75) is 6.42 Å². The molecule has 1 heteroatoms. The molecule has 0 bridgehead atoms. The molecule has 2 rings (SSSR count). The maximum atomic E-state index is 4.07. The number of nitrogens with zero attached hydrogens (tertiary/aromatic N) is 1. The molecule has 0 aliphatic carbocycles. The van der Waals surface area contributed by atoms with Crippen molar-refractivity contribution >= 4 is 5.69 Å². The highest BCUT2D eigenvalue weighted by molar-refractivity contribution is 5.46. The van der Waals surface area contributed by atoms with Crippen molar-refractivity contribution < 1.29 is 0 Å². The molecule has 1 aliphatic rings. The predicted octanol–water partition coefficient (Wildman–Crippen LogP) is 2.35. The summed E-state index contributed by atoms with van der Waals surface area (Å²) in [6, 6.07) is 10.6. The van der Waals surface area contributed by atoms with Crippen molar-refractivity contribution in [1.82, 2.24) is 0 Å². The van der Waals surface area contributed by atoms with Gasteiger partial charge in [-0.15, -0.1) is 0 Å².